The number of nitrogens with zero attached hydrogens (tertiary/aromatic N) is 2. The van der Waals surface area contributed by atoms with Gasteiger partial charge in [0.15, 0.2) is 0 Å². The second-order valence-corrected chi connectivity index (χ2v) is 7.19. The van der Waals surface area contributed by atoms with E-state index < -0.39 is 17.5 Å². The van der Waals surface area contributed by atoms with Gasteiger partial charge < -0.3 is 9.64 Å². The number of esters is 1. The molecule has 1 aromatic heterocycles. The number of halogens is 3. The van der Waals surface area contributed by atoms with Gasteiger partial charge in [0.1, 0.15) is 16.0 Å². The molecule has 1 aliphatic rings. The first-order valence-electron chi connectivity index (χ1n) is 7.09. The van der Waals surface area contributed by atoms with Crippen molar-refractivity contribution in [2.75, 3.05) is 18.0 Å². The molecule has 1 aromatic rings. The van der Waals surface area contributed by atoms with Crippen LogP contribution in [0.3, 0.4) is 0 Å². The minimum atomic E-state index is -2.61. The van der Waals surface area contributed by atoms with E-state index in [1.807, 2.05) is 0 Å². The molecule has 1 aliphatic heterocycles. The van der Waals surface area contributed by atoms with Crippen LogP contribution in [0.15, 0.2) is 16.7 Å². The van der Waals surface area contributed by atoms with Crippen molar-refractivity contribution in [1.29, 1.82) is 0 Å². The molecule has 0 bridgehead atoms. The number of piperidine rings is 1. The summed E-state index contributed by atoms with van der Waals surface area (Å²) in [6.45, 7) is 5.78. The van der Waals surface area contributed by atoms with Gasteiger partial charge in [-0.3, -0.25) is 0 Å². The van der Waals surface area contributed by atoms with Crippen molar-refractivity contribution >= 4 is 27.7 Å². The Morgan fingerprint density at radius 2 is 1.91 bits per heavy atom. The highest BCUT2D eigenvalue weighted by atomic mass is 79.9. The number of anilines is 1. The standard InChI is InChI=1S/C15H19BrF2N2O2/c1-14(2,3)22-13(21)10-8-11(16)19-12(9-10)20-6-4-15(17,18)5-7-20/h8-9H,4-7H2,1-3H3. The van der Waals surface area contributed by atoms with Crippen molar-refractivity contribution in [2.24, 2.45) is 0 Å². The molecule has 0 spiro atoms. The Bertz CT molecular complexity index is 563. The number of ether oxygens (including phenoxy) is 1. The molecule has 0 aromatic carbocycles. The number of hydrogen-bond donors (Lipinski definition) is 0. The number of hydrogen-bond acceptors (Lipinski definition) is 4. The summed E-state index contributed by atoms with van der Waals surface area (Å²) >= 11 is 3.26. The molecule has 0 saturated carbocycles. The van der Waals surface area contributed by atoms with Gasteiger partial charge in [-0.15, -0.1) is 0 Å². The van der Waals surface area contributed by atoms with Gasteiger partial charge >= 0.3 is 5.97 Å². The summed E-state index contributed by atoms with van der Waals surface area (Å²) in [6, 6.07) is 3.15. The maximum absolute atomic E-state index is 13.2. The summed E-state index contributed by atoms with van der Waals surface area (Å²) in [7, 11) is 0. The summed E-state index contributed by atoms with van der Waals surface area (Å²) < 4.78 is 32.3. The lowest BCUT2D eigenvalue weighted by Crippen LogP contribution is -2.39. The summed E-state index contributed by atoms with van der Waals surface area (Å²) in [4.78, 5) is 18.2. The SMILES string of the molecule is CC(C)(C)OC(=O)c1cc(Br)nc(N2CCC(F)(F)CC2)c1. The van der Waals surface area contributed by atoms with Crippen LogP contribution in [-0.4, -0.2) is 35.6 Å². The Morgan fingerprint density at radius 3 is 2.45 bits per heavy atom. The van der Waals surface area contributed by atoms with Crippen LogP contribution in [0.25, 0.3) is 0 Å². The van der Waals surface area contributed by atoms with Crippen LogP contribution in [0.1, 0.15) is 44.0 Å². The maximum Gasteiger partial charge on any atom is 0.338 e. The molecule has 122 valence electrons. The van der Waals surface area contributed by atoms with Crippen LogP contribution < -0.4 is 4.90 Å². The van der Waals surface area contributed by atoms with Crippen LogP contribution in [0, 0.1) is 0 Å². The van der Waals surface area contributed by atoms with Crippen molar-refractivity contribution in [3.05, 3.63) is 22.3 Å². The fourth-order valence-corrected chi connectivity index (χ4v) is 2.59. The molecule has 1 fully saturated rings. The predicted molar refractivity (Wildman–Crippen MR) is 83.5 cm³/mol. The fraction of sp³-hybridized carbons (Fsp3) is 0.600. The molecular weight excluding hydrogens is 358 g/mol. The lowest BCUT2D eigenvalue weighted by Gasteiger charge is -2.32. The highest BCUT2D eigenvalue weighted by Gasteiger charge is 2.34. The Balaban J connectivity index is 2.19. The molecule has 0 aliphatic carbocycles. The van der Waals surface area contributed by atoms with E-state index in [4.69, 9.17) is 4.74 Å². The molecule has 2 rings (SSSR count). The van der Waals surface area contributed by atoms with Crippen LogP contribution in [0.4, 0.5) is 14.6 Å². The van der Waals surface area contributed by atoms with E-state index >= 15 is 0 Å². The summed E-state index contributed by atoms with van der Waals surface area (Å²) in [5.74, 6) is -2.57. The molecule has 0 radical (unpaired) electrons. The zero-order chi connectivity index (χ0) is 16.5. The lowest BCUT2D eigenvalue weighted by molar-refractivity contribution is -0.0222. The normalized spacial score (nSPS) is 18.2. The molecule has 2 heterocycles. The molecule has 22 heavy (non-hydrogen) atoms. The van der Waals surface area contributed by atoms with Crippen molar-refractivity contribution in [2.45, 2.75) is 45.1 Å². The van der Waals surface area contributed by atoms with Gasteiger partial charge in [-0.1, -0.05) is 0 Å². The summed E-state index contributed by atoms with van der Waals surface area (Å²) in [6.07, 6.45) is -0.411. The fourth-order valence-electron chi connectivity index (χ4n) is 2.16. The molecule has 0 unspecified atom stereocenters. The Hall–Kier alpha value is -1.24. The van der Waals surface area contributed by atoms with E-state index in [2.05, 4.69) is 20.9 Å². The Kier molecular flexibility index (Phi) is 4.75. The topological polar surface area (TPSA) is 42.4 Å². The number of carbonyl (C=O) groups excluding carboxylic acids is 1. The monoisotopic (exact) mass is 376 g/mol. The van der Waals surface area contributed by atoms with E-state index in [0.717, 1.165) is 0 Å². The average molecular weight is 377 g/mol. The number of aromatic nitrogens is 1. The second-order valence-electron chi connectivity index (χ2n) is 6.38. The van der Waals surface area contributed by atoms with Crippen LogP contribution in [-0.2, 0) is 4.74 Å². The van der Waals surface area contributed by atoms with Gasteiger partial charge in [-0.2, -0.15) is 0 Å². The Morgan fingerprint density at radius 1 is 1.32 bits per heavy atom. The minimum Gasteiger partial charge on any atom is -0.456 e. The van der Waals surface area contributed by atoms with Crippen molar-refractivity contribution < 1.29 is 18.3 Å². The third-order valence-corrected chi connectivity index (χ3v) is 3.64. The zero-order valence-corrected chi connectivity index (χ0v) is 14.4. The van der Waals surface area contributed by atoms with Crippen molar-refractivity contribution in [3.63, 3.8) is 0 Å². The largest absolute Gasteiger partial charge is 0.456 e. The maximum atomic E-state index is 13.2. The third-order valence-electron chi connectivity index (χ3n) is 3.23. The van der Waals surface area contributed by atoms with E-state index in [1.54, 1.807) is 37.8 Å². The lowest BCUT2D eigenvalue weighted by atomic mass is 10.1. The zero-order valence-electron chi connectivity index (χ0n) is 12.8. The molecule has 0 amide bonds. The van der Waals surface area contributed by atoms with Gasteiger partial charge in [0, 0.05) is 25.9 Å². The van der Waals surface area contributed by atoms with E-state index in [1.165, 1.54) is 0 Å². The number of carbonyl (C=O) groups is 1. The van der Waals surface area contributed by atoms with Gasteiger partial charge in [-0.05, 0) is 48.8 Å². The van der Waals surface area contributed by atoms with E-state index in [-0.39, 0.29) is 25.9 Å². The molecular formula is C15H19BrF2N2O2. The van der Waals surface area contributed by atoms with Crippen molar-refractivity contribution in [1.82, 2.24) is 4.98 Å². The minimum absolute atomic E-state index is 0.205. The third kappa shape index (κ3) is 4.63. The Labute approximate surface area is 137 Å². The molecule has 0 atom stereocenters. The van der Waals surface area contributed by atoms with Crippen LogP contribution >= 0.6 is 15.9 Å². The summed E-state index contributed by atoms with van der Waals surface area (Å²) in [5, 5.41) is 0. The van der Waals surface area contributed by atoms with Crippen LogP contribution in [0.2, 0.25) is 0 Å². The molecule has 7 heteroatoms. The first-order valence-corrected chi connectivity index (χ1v) is 7.89. The van der Waals surface area contributed by atoms with Crippen LogP contribution in [0.5, 0.6) is 0 Å². The first-order chi connectivity index (χ1) is 10.1. The summed E-state index contributed by atoms with van der Waals surface area (Å²) in [5.41, 5.74) is -0.246. The molecule has 0 N–H and O–H groups in total. The van der Waals surface area contributed by atoms with Gasteiger partial charge in [0.05, 0.1) is 5.56 Å². The second kappa shape index (κ2) is 6.10. The highest BCUT2D eigenvalue weighted by Crippen LogP contribution is 2.30. The van der Waals surface area contributed by atoms with E-state index in [0.29, 0.717) is 16.0 Å². The average Bonchev–Trinajstić information content (AvgIpc) is 2.35. The van der Waals surface area contributed by atoms with Gasteiger partial charge in [0.25, 0.3) is 5.92 Å². The van der Waals surface area contributed by atoms with Gasteiger partial charge in [-0.25, -0.2) is 18.6 Å². The number of alkyl halides is 2. The van der Waals surface area contributed by atoms with Gasteiger partial charge in [0.2, 0.25) is 0 Å². The first kappa shape index (κ1) is 17.1. The highest BCUT2D eigenvalue weighted by molar-refractivity contribution is 9.10. The quantitative estimate of drug-likeness (QED) is 0.577. The number of rotatable bonds is 2. The van der Waals surface area contributed by atoms with E-state index in [9.17, 15) is 13.6 Å². The number of pyridine rings is 1. The molecule has 1 saturated heterocycles. The molecule has 4 nitrogen and oxygen atoms in total. The smallest absolute Gasteiger partial charge is 0.338 e. The predicted octanol–water partition coefficient (Wildman–Crippen LogP) is 4.03. The van der Waals surface area contributed by atoms with Crippen molar-refractivity contribution in [3.8, 4) is 0 Å².